The average Bonchev–Trinajstić information content (AvgIpc) is 2.78. The zero-order valence-corrected chi connectivity index (χ0v) is 13.1. The Morgan fingerprint density at radius 2 is 2.05 bits per heavy atom. The lowest BCUT2D eigenvalue weighted by atomic mass is 10.2. The lowest BCUT2D eigenvalue weighted by molar-refractivity contribution is 0.102. The number of aromatic nitrogens is 2. The lowest BCUT2D eigenvalue weighted by Gasteiger charge is -2.06. The normalized spacial score (nSPS) is 10.7. The number of carbonyl (C=O) groups excluding carboxylic acids is 1. The fourth-order valence-corrected chi connectivity index (χ4v) is 2.73. The molecule has 2 N–H and O–H groups in total. The number of rotatable bonds is 2. The lowest BCUT2D eigenvalue weighted by Crippen LogP contribution is -2.13. The Balaban J connectivity index is 1.89. The second-order valence-corrected chi connectivity index (χ2v) is 5.71. The number of hydrogen-bond donors (Lipinski definition) is 2. The Morgan fingerprint density at radius 3 is 2.85 bits per heavy atom. The molecule has 0 unspecified atom stereocenters. The van der Waals surface area contributed by atoms with E-state index < -0.39 is 0 Å². The molecule has 0 saturated carbocycles. The molecule has 0 radical (unpaired) electrons. The summed E-state index contributed by atoms with van der Waals surface area (Å²) in [6.45, 7) is 0. The van der Waals surface area contributed by atoms with E-state index in [1.165, 1.54) is 0 Å². The first kappa shape index (κ1) is 13.4. The van der Waals surface area contributed by atoms with Gasteiger partial charge in [0.05, 0.1) is 16.6 Å². The maximum absolute atomic E-state index is 12.2. The zero-order chi connectivity index (χ0) is 14.1. The minimum atomic E-state index is -0.139. The van der Waals surface area contributed by atoms with E-state index in [0.29, 0.717) is 16.5 Å². The molecule has 1 aromatic heterocycles. The van der Waals surface area contributed by atoms with Gasteiger partial charge in [0.2, 0.25) is 5.28 Å². The highest BCUT2D eigenvalue weighted by Crippen LogP contribution is 2.20. The summed E-state index contributed by atoms with van der Waals surface area (Å²) in [5.74, 6) is -0.139. The van der Waals surface area contributed by atoms with Gasteiger partial charge in [0.1, 0.15) is 0 Å². The second-order valence-electron chi connectivity index (χ2n) is 4.19. The maximum atomic E-state index is 12.2. The van der Waals surface area contributed by atoms with Gasteiger partial charge in [-0.05, 0) is 64.5 Å². The molecule has 2 aromatic carbocycles. The van der Waals surface area contributed by atoms with E-state index in [4.69, 9.17) is 11.6 Å². The fourth-order valence-electron chi connectivity index (χ4n) is 1.90. The quantitative estimate of drug-likeness (QED) is 0.640. The Morgan fingerprint density at radius 1 is 1.25 bits per heavy atom. The predicted molar refractivity (Wildman–Crippen MR) is 88.2 cm³/mol. The topological polar surface area (TPSA) is 57.8 Å². The van der Waals surface area contributed by atoms with Gasteiger partial charge in [-0.1, -0.05) is 12.1 Å². The Hall–Kier alpha value is -1.60. The number of carbonyl (C=O) groups is 1. The standard InChI is InChI=1S/C14H9ClIN3O/c15-14-18-11-6-5-8(7-12(11)19-14)17-13(20)9-3-1-2-4-10(9)16/h1-7H,(H,17,20)(H,18,19). The summed E-state index contributed by atoms with van der Waals surface area (Å²) >= 11 is 7.94. The molecule has 1 amide bonds. The van der Waals surface area contributed by atoms with Gasteiger partial charge in [0, 0.05) is 9.26 Å². The smallest absolute Gasteiger partial charge is 0.256 e. The van der Waals surface area contributed by atoms with Crippen molar-refractivity contribution in [2.24, 2.45) is 0 Å². The molecule has 0 aliphatic rings. The summed E-state index contributed by atoms with van der Waals surface area (Å²) in [7, 11) is 0. The van der Waals surface area contributed by atoms with Gasteiger partial charge in [-0.25, -0.2) is 4.98 Å². The van der Waals surface area contributed by atoms with Gasteiger partial charge in [0.25, 0.3) is 5.91 Å². The third kappa shape index (κ3) is 2.64. The van der Waals surface area contributed by atoms with Crippen LogP contribution in [0.15, 0.2) is 42.5 Å². The Kier molecular flexibility index (Phi) is 3.62. The number of hydrogen-bond acceptors (Lipinski definition) is 2. The summed E-state index contributed by atoms with van der Waals surface area (Å²) in [5, 5.41) is 3.20. The third-order valence-electron chi connectivity index (χ3n) is 2.83. The summed E-state index contributed by atoms with van der Waals surface area (Å²) in [4.78, 5) is 19.2. The summed E-state index contributed by atoms with van der Waals surface area (Å²) in [6.07, 6.45) is 0. The fraction of sp³-hybridized carbons (Fsp3) is 0. The minimum Gasteiger partial charge on any atom is -0.329 e. The summed E-state index contributed by atoms with van der Waals surface area (Å²) in [6, 6.07) is 12.8. The molecular weight excluding hydrogens is 389 g/mol. The van der Waals surface area contributed by atoms with E-state index in [9.17, 15) is 4.79 Å². The van der Waals surface area contributed by atoms with E-state index in [1.54, 1.807) is 12.1 Å². The van der Waals surface area contributed by atoms with Crippen LogP contribution in [0.25, 0.3) is 11.0 Å². The van der Waals surface area contributed by atoms with Crippen molar-refractivity contribution in [3.8, 4) is 0 Å². The van der Waals surface area contributed by atoms with E-state index in [2.05, 4.69) is 37.9 Å². The molecule has 0 saturated heterocycles. The van der Waals surface area contributed by atoms with Gasteiger partial charge < -0.3 is 10.3 Å². The van der Waals surface area contributed by atoms with Crippen LogP contribution in [0, 0.1) is 3.57 Å². The molecule has 3 rings (SSSR count). The number of anilines is 1. The largest absolute Gasteiger partial charge is 0.329 e. The number of fused-ring (bicyclic) bond motifs is 1. The van der Waals surface area contributed by atoms with Crippen LogP contribution < -0.4 is 5.32 Å². The maximum Gasteiger partial charge on any atom is 0.256 e. The molecule has 0 atom stereocenters. The number of nitrogens with one attached hydrogen (secondary N) is 2. The first-order chi connectivity index (χ1) is 9.63. The number of nitrogens with zero attached hydrogens (tertiary/aromatic N) is 1. The van der Waals surface area contributed by atoms with E-state index >= 15 is 0 Å². The van der Waals surface area contributed by atoms with Gasteiger partial charge in [0.15, 0.2) is 0 Å². The van der Waals surface area contributed by atoms with Crippen LogP contribution in [0.4, 0.5) is 5.69 Å². The first-order valence-electron chi connectivity index (χ1n) is 5.84. The number of halogens is 2. The molecule has 0 aliphatic carbocycles. The summed E-state index contributed by atoms with van der Waals surface area (Å²) < 4.78 is 0.910. The highest BCUT2D eigenvalue weighted by Gasteiger charge is 2.10. The van der Waals surface area contributed by atoms with Crippen LogP contribution in [-0.4, -0.2) is 15.9 Å². The summed E-state index contributed by atoms with van der Waals surface area (Å²) in [5.41, 5.74) is 2.90. The highest BCUT2D eigenvalue weighted by atomic mass is 127. The average molecular weight is 398 g/mol. The molecule has 0 spiro atoms. The molecule has 0 fully saturated rings. The van der Waals surface area contributed by atoms with Crippen LogP contribution in [0.5, 0.6) is 0 Å². The van der Waals surface area contributed by atoms with Crippen LogP contribution in [0.1, 0.15) is 10.4 Å². The van der Waals surface area contributed by atoms with Crippen LogP contribution >= 0.6 is 34.2 Å². The molecule has 0 bridgehead atoms. The van der Waals surface area contributed by atoms with Crippen molar-refractivity contribution in [2.75, 3.05) is 5.32 Å². The van der Waals surface area contributed by atoms with Crippen molar-refractivity contribution < 1.29 is 4.79 Å². The molecule has 100 valence electrons. The van der Waals surface area contributed by atoms with Crippen LogP contribution in [-0.2, 0) is 0 Å². The highest BCUT2D eigenvalue weighted by molar-refractivity contribution is 14.1. The minimum absolute atomic E-state index is 0.139. The van der Waals surface area contributed by atoms with Crippen molar-refractivity contribution in [3.63, 3.8) is 0 Å². The van der Waals surface area contributed by atoms with Crippen molar-refractivity contribution in [1.82, 2.24) is 9.97 Å². The number of imidazole rings is 1. The van der Waals surface area contributed by atoms with Gasteiger partial charge in [-0.3, -0.25) is 4.79 Å². The molecule has 1 heterocycles. The first-order valence-corrected chi connectivity index (χ1v) is 7.30. The molecule has 3 aromatic rings. The number of H-pyrrole nitrogens is 1. The van der Waals surface area contributed by atoms with Crippen molar-refractivity contribution in [1.29, 1.82) is 0 Å². The zero-order valence-electron chi connectivity index (χ0n) is 10.2. The number of benzene rings is 2. The van der Waals surface area contributed by atoms with Gasteiger partial charge >= 0.3 is 0 Å². The number of aromatic amines is 1. The Labute approximate surface area is 133 Å². The molecule has 4 nitrogen and oxygen atoms in total. The predicted octanol–water partition coefficient (Wildman–Crippen LogP) is 4.07. The van der Waals surface area contributed by atoms with E-state index in [0.717, 1.165) is 14.6 Å². The monoisotopic (exact) mass is 397 g/mol. The van der Waals surface area contributed by atoms with Crippen molar-refractivity contribution in [2.45, 2.75) is 0 Å². The number of amides is 1. The molecule has 20 heavy (non-hydrogen) atoms. The van der Waals surface area contributed by atoms with Crippen molar-refractivity contribution >= 4 is 56.8 Å². The van der Waals surface area contributed by atoms with Gasteiger partial charge in [-0.15, -0.1) is 0 Å². The van der Waals surface area contributed by atoms with Crippen LogP contribution in [0.2, 0.25) is 5.28 Å². The third-order valence-corrected chi connectivity index (χ3v) is 3.95. The van der Waals surface area contributed by atoms with E-state index in [1.807, 2.05) is 30.3 Å². The van der Waals surface area contributed by atoms with Crippen LogP contribution in [0.3, 0.4) is 0 Å². The van der Waals surface area contributed by atoms with Crippen molar-refractivity contribution in [3.05, 3.63) is 56.9 Å². The second kappa shape index (κ2) is 5.41. The van der Waals surface area contributed by atoms with E-state index in [-0.39, 0.29) is 5.91 Å². The molecular formula is C14H9ClIN3O. The Bertz CT molecular complexity index is 800. The van der Waals surface area contributed by atoms with Gasteiger partial charge in [-0.2, -0.15) is 0 Å². The molecule has 0 aliphatic heterocycles. The SMILES string of the molecule is O=C(Nc1ccc2nc(Cl)[nH]c2c1)c1ccccc1I. The molecule has 6 heteroatoms.